The van der Waals surface area contributed by atoms with Crippen LogP contribution < -0.4 is 11.5 Å². The Morgan fingerprint density at radius 1 is 0.625 bits per heavy atom. The lowest BCUT2D eigenvalue weighted by atomic mass is 9.82. The summed E-state index contributed by atoms with van der Waals surface area (Å²) >= 11 is 0. The number of nitrogens with two attached hydrogens (primary N) is 2. The lowest BCUT2D eigenvalue weighted by Gasteiger charge is -2.24. The van der Waals surface area contributed by atoms with E-state index in [1.807, 2.05) is 0 Å². The van der Waals surface area contributed by atoms with Gasteiger partial charge >= 0.3 is 0 Å². The topological polar surface area (TPSA) is 52.0 Å². The van der Waals surface area contributed by atoms with Crippen molar-refractivity contribution in [1.82, 2.24) is 0 Å². The van der Waals surface area contributed by atoms with E-state index in [9.17, 15) is 0 Å². The maximum atomic E-state index is 5.55. The Balaban J connectivity index is 3.29. The van der Waals surface area contributed by atoms with Gasteiger partial charge in [-0.15, -0.1) is 0 Å². The van der Waals surface area contributed by atoms with E-state index in [0.717, 1.165) is 13.1 Å². The zero-order chi connectivity index (χ0) is 12.3. The predicted octanol–water partition coefficient (Wildman–Crippen LogP) is 3.44. The summed E-state index contributed by atoms with van der Waals surface area (Å²) in [6.07, 6.45) is 11.8. The minimum absolute atomic E-state index is 0.497. The molecule has 0 saturated carbocycles. The highest BCUT2D eigenvalue weighted by Crippen LogP contribution is 2.29. The summed E-state index contributed by atoms with van der Waals surface area (Å²) in [6, 6.07) is 0. The van der Waals surface area contributed by atoms with E-state index in [4.69, 9.17) is 11.5 Å². The van der Waals surface area contributed by atoms with E-state index in [2.05, 4.69) is 13.8 Å². The second-order valence-corrected chi connectivity index (χ2v) is 5.72. The van der Waals surface area contributed by atoms with Crippen LogP contribution in [0, 0.1) is 5.41 Å². The quantitative estimate of drug-likeness (QED) is 0.532. The largest absolute Gasteiger partial charge is 0.330 e. The Bertz CT molecular complexity index is 144. The summed E-state index contributed by atoms with van der Waals surface area (Å²) < 4.78 is 0. The Kier molecular flexibility index (Phi) is 10.0. The average molecular weight is 228 g/mol. The predicted molar refractivity (Wildman–Crippen MR) is 73.4 cm³/mol. The molecule has 0 unspecified atom stereocenters. The van der Waals surface area contributed by atoms with E-state index >= 15 is 0 Å². The normalized spacial score (nSPS) is 12.0. The third-order valence-corrected chi connectivity index (χ3v) is 3.37. The standard InChI is InChI=1S/C14H32N2/c1-14(2,11-9-13-16)10-7-5-3-4-6-8-12-15/h3-13,15-16H2,1-2H3. The lowest BCUT2D eigenvalue weighted by molar-refractivity contribution is 0.288. The van der Waals surface area contributed by atoms with Crippen LogP contribution in [-0.2, 0) is 0 Å². The monoisotopic (exact) mass is 228 g/mol. The second-order valence-electron chi connectivity index (χ2n) is 5.72. The summed E-state index contributed by atoms with van der Waals surface area (Å²) in [4.78, 5) is 0. The first-order chi connectivity index (χ1) is 7.62. The van der Waals surface area contributed by atoms with Gasteiger partial charge in [-0.1, -0.05) is 46.0 Å². The Hall–Kier alpha value is -0.0800. The van der Waals surface area contributed by atoms with Crippen LogP contribution in [0.2, 0.25) is 0 Å². The number of hydrogen-bond acceptors (Lipinski definition) is 2. The number of rotatable bonds is 11. The van der Waals surface area contributed by atoms with Crippen molar-refractivity contribution in [1.29, 1.82) is 0 Å². The molecule has 0 rings (SSSR count). The molecular formula is C14H32N2. The first kappa shape index (κ1) is 15.9. The Morgan fingerprint density at radius 3 is 1.62 bits per heavy atom. The molecule has 98 valence electrons. The van der Waals surface area contributed by atoms with E-state index in [1.165, 1.54) is 57.8 Å². The highest BCUT2D eigenvalue weighted by Gasteiger charge is 2.15. The van der Waals surface area contributed by atoms with Crippen LogP contribution in [0.5, 0.6) is 0 Å². The fraction of sp³-hybridized carbons (Fsp3) is 1.00. The third kappa shape index (κ3) is 10.4. The van der Waals surface area contributed by atoms with Crippen LogP contribution in [0.15, 0.2) is 0 Å². The molecule has 0 heterocycles. The van der Waals surface area contributed by atoms with Gasteiger partial charge in [0, 0.05) is 0 Å². The first-order valence-corrected chi connectivity index (χ1v) is 7.02. The molecule has 0 amide bonds. The molecular weight excluding hydrogens is 196 g/mol. The van der Waals surface area contributed by atoms with Gasteiger partial charge in [0.15, 0.2) is 0 Å². The number of hydrogen-bond donors (Lipinski definition) is 2. The molecule has 0 spiro atoms. The molecule has 2 heteroatoms. The maximum absolute atomic E-state index is 5.55. The van der Waals surface area contributed by atoms with Crippen molar-refractivity contribution >= 4 is 0 Å². The van der Waals surface area contributed by atoms with Crippen molar-refractivity contribution in [3.05, 3.63) is 0 Å². The average Bonchev–Trinajstić information content (AvgIpc) is 2.25. The van der Waals surface area contributed by atoms with Crippen molar-refractivity contribution < 1.29 is 0 Å². The smallest absolute Gasteiger partial charge is 0.00771 e. The molecule has 0 aliphatic rings. The van der Waals surface area contributed by atoms with Crippen LogP contribution in [0.1, 0.15) is 71.6 Å². The third-order valence-electron chi connectivity index (χ3n) is 3.37. The molecule has 16 heavy (non-hydrogen) atoms. The van der Waals surface area contributed by atoms with Gasteiger partial charge in [-0.3, -0.25) is 0 Å². The highest BCUT2D eigenvalue weighted by atomic mass is 14.5. The van der Waals surface area contributed by atoms with Gasteiger partial charge < -0.3 is 11.5 Å². The molecule has 0 aliphatic carbocycles. The van der Waals surface area contributed by atoms with Crippen LogP contribution in [0.25, 0.3) is 0 Å². The van der Waals surface area contributed by atoms with Gasteiger partial charge in [-0.25, -0.2) is 0 Å². The van der Waals surface area contributed by atoms with Crippen LogP contribution in [0.3, 0.4) is 0 Å². The van der Waals surface area contributed by atoms with E-state index in [1.54, 1.807) is 0 Å². The van der Waals surface area contributed by atoms with Crippen molar-refractivity contribution in [2.75, 3.05) is 13.1 Å². The van der Waals surface area contributed by atoms with Gasteiger partial charge in [-0.2, -0.15) is 0 Å². The molecule has 0 aromatic heterocycles. The summed E-state index contributed by atoms with van der Waals surface area (Å²) in [7, 11) is 0. The number of unbranched alkanes of at least 4 members (excludes halogenated alkanes) is 5. The van der Waals surface area contributed by atoms with Crippen molar-refractivity contribution in [2.24, 2.45) is 16.9 Å². The molecule has 0 saturated heterocycles. The van der Waals surface area contributed by atoms with Crippen LogP contribution in [-0.4, -0.2) is 13.1 Å². The van der Waals surface area contributed by atoms with E-state index in [0.29, 0.717) is 5.41 Å². The molecule has 0 fully saturated rings. The lowest BCUT2D eigenvalue weighted by Crippen LogP contribution is -2.13. The van der Waals surface area contributed by atoms with Gasteiger partial charge in [0.1, 0.15) is 0 Å². The fourth-order valence-corrected chi connectivity index (χ4v) is 2.16. The fourth-order valence-electron chi connectivity index (χ4n) is 2.16. The summed E-state index contributed by atoms with van der Waals surface area (Å²) in [5.41, 5.74) is 11.5. The summed E-state index contributed by atoms with van der Waals surface area (Å²) in [5, 5.41) is 0. The summed E-state index contributed by atoms with van der Waals surface area (Å²) in [5.74, 6) is 0. The van der Waals surface area contributed by atoms with E-state index in [-0.39, 0.29) is 0 Å². The minimum Gasteiger partial charge on any atom is -0.330 e. The molecule has 0 bridgehead atoms. The van der Waals surface area contributed by atoms with E-state index < -0.39 is 0 Å². The molecule has 0 aliphatic heterocycles. The Labute approximate surface area is 102 Å². The zero-order valence-electron chi connectivity index (χ0n) is 11.4. The van der Waals surface area contributed by atoms with Crippen LogP contribution >= 0.6 is 0 Å². The molecule has 0 aromatic carbocycles. The van der Waals surface area contributed by atoms with Gasteiger partial charge in [-0.05, 0) is 44.2 Å². The van der Waals surface area contributed by atoms with Gasteiger partial charge in [0.2, 0.25) is 0 Å². The van der Waals surface area contributed by atoms with Crippen LogP contribution in [0.4, 0.5) is 0 Å². The molecule has 0 atom stereocenters. The molecule has 0 aromatic rings. The SMILES string of the molecule is CC(C)(CCCN)CCCCCCCCN. The van der Waals surface area contributed by atoms with Crippen molar-refractivity contribution in [2.45, 2.75) is 71.6 Å². The second kappa shape index (κ2) is 10.1. The molecule has 4 N–H and O–H groups in total. The van der Waals surface area contributed by atoms with Gasteiger partial charge in [0.05, 0.1) is 0 Å². The zero-order valence-corrected chi connectivity index (χ0v) is 11.4. The van der Waals surface area contributed by atoms with Crippen molar-refractivity contribution in [3.63, 3.8) is 0 Å². The first-order valence-electron chi connectivity index (χ1n) is 7.02. The minimum atomic E-state index is 0.497. The Morgan fingerprint density at radius 2 is 1.06 bits per heavy atom. The molecule has 2 nitrogen and oxygen atoms in total. The summed E-state index contributed by atoms with van der Waals surface area (Å²) in [6.45, 7) is 6.43. The maximum Gasteiger partial charge on any atom is -0.00771 e. The van der Waals surface area contributed by atoms with Gasteiger partial charge in [0.25, 0.3) is 0 Å². The van der Waals surface area contributed by atoms with Crippen molar-refractivity contribution in [3.8, 4) is 0 Å². The molecule has 0 radical (unpaired) electrons. The highest BCUT2D eigenvalue weighted by molar-refractivity contribution is 4.68.